The molecule has 2 heterocycles. The summed E-state index contributed by atoms with van der Waals surface area (Å²) in [5.41, 5.74) is 0. The average Bonchev–Trinajstić information content (AvgIpc) is 2.66. The molecule has 0 aliphatic carbocycles. The zero-order valence-electron chi connectivity index (χ0n) is 12.1. The van der Waals surface area contributed by atoms with Crippen LogP contribution in [0.1, 0.15) is 38.1 Å². The van der Waals surface area contributed by atoms with Gasteiger partial charge in [0.1, 0.15) is 6.10 Å². The Morgan fingerprint density at radius 2 is 2.21 bits per heavy atom. The van der Waals surface area contributed by atoms with Crippen LogP contribution in [0.15, 0.2) is 4.52 Å². The Hall–Kier alpha value is -0.980. The van der Waals surface area contributed by atoms with E-state index in [2.05, 4.69) is 34.2 Å². The molecule has 6 nitrogen and oxygen atoms in total. The molecule has 0 bridgehead atoms. The van der Waals surface area contributed by atoms with Crippen LogP contribution in [0.25, 0.3) is 0 Å². The van der Waals surface area contributed by atoms with E-state index in [9.17, 15) is 0 Å². The van der Waals surface area contributed by atoms with Crippen molar-refractivity contribution in [2.75, 3.05) is 33.3 Å². The molecule has 0 amide bonds. The van der Waals surface area contributed by atoms with E-state index < -0.39 is 0 Å². The average molecular weight is 268 g/mol. The summed E-state index contributed by atoms with van der Waals surface area (Å²) in [6.07, 6.45) is 1.07. The van der Waals surface area contributed by atoms with Crippen molar-refractivity contribution >= 4 is 0 Å². The second kappa shape index (κ2) is 6.98. The van der Waals surface area contributed by atoms with Crippen LogP contribution < -0.4 is 5.32 Å². The van der Waals surface area contributed by atoms with E-state index in [1.807, 2.05) is 0 Å². The fraction of sp³-hybridized carbons (Fsp3) is 0.846. The molecule has 1 aliphatic heterocycles. The lowest BCUT2D eigenvalue weighted by Crippen LogP contribution is -2.27. The topological polar surface area (TPSA) is 63.4 Å². The maximum Gasteiger partial charge on any atom is 0.240 e. The number of rotatable bonds is 5. The normalized spacial score (nSPS) is 19.6. The van der Waals surface area contributed by atoms with Crippen molar-refractivity contribution in [1.82, 2.24) is 20.4 Å². The fourth-order valence-corrected chi connectivity index (χ4v) is 2.37. The number of ether oxygens (including phenoxy) is 1. The highest BCUT2D eigenvalue weighted by atomic mass is 16.5. The van der Waals surface area contributed by atoms with Gasteiger partial charge in [-0.05, 0) is 25.4 Å². The molecule has 1 unspecified atom stereocenters. The van der Waals surface area contributed by atoms with E-state index >= 15 is 0 Å². The monoisotopic (exact) mass is 268 g/mol. The van der Waals surface area contributed by atoms with Crippen LogP contribution in [0, 0.1) is 5.92 Å². The van der Waals surface area contributed by atoms with E-state index in [1.54, 1.807) is 7.11 Å². The van der Waals surface area contributed by atoms with Gasteiger partial charge in [0.2, 0.25) is 11.7 Å². The van der Waals surface area contributed by atoms with Crippen molar-refractivity contribution in [3.63, 3.8) is 0 Å². The predicted octanol–water partition coefficient (Wildman–Crippen LogP) is 1.21. The van der Waals surface area contributed by atoms with Crippen LogP contribution >= 0.6 is 0 Å². The van der Waals surface area contributed by atoms with E-state index in [4.69, 9.17) is 9.26 Å². The highest BCUT2D eigenvalue weighted by molar-refractivity contribution is 4.93. The fourth-order valence-electron chi connectivity index (χ4n) is 2.37. The maximum atomic E-state index is 5.41. The first-order valence-electron chi connectivity index (χ1n) is 6.99. The summed E-state index contributed by atoms with van der Waals surface area (Å²) in [6, 6.07) is 0. The van der Waals surface area contributed by atoms with E-state index in [0.29, 0.717) is 17.6 Å². The Morgan fingerprint density at radius 1 is 1.37 bits per heavy atom. The SMILES string of the molecule is COC(c1noc(CN2CCCNCC2)n1)C(C)C. The summed E-state index contributed by atoms with van der Waals surface area (Å²) in [4.78, 5) is 6.80. The number of aromatic nitrogens is 2. The van der Waals surface area contributed by atoms with Crippen LogP contribution in [-0.4, -0.2) is 48.3 Å². The van der Waals surface area contributed by atoms with Gasteiger partial charge in [-0.15, -0.1) is 0 Å². The van der Waals surface area contributed by atoms with Gasteiger partial charge in [-0.3, -0.25) is 4.90 Å². The second-order valence-electron chi connectivity index (χ2n) is 5.33. The Balaban J connectivity index is 1.96. The van der Waals surface area contributed by atoms with Crippen LogP contribution in [0.3, 0.4) is 0 Å². The molecule has 1 aliphatic rings. The lowest BCUT2D eigenvalue weighted by molar-refractivity contribution is 0.0555. The lowest BCUT2D eigenvalue weighted by Gasteiger charge is -2.16. The van der Waals surface area contributed by atoms with Gasteiger partial charge in [0, 0.05) is 20.2 Å². The molecule has 0 radical (unpaired) electrons. The maximum absolute atomic E-state index is 5.41. The molecule has 1 aromatic rings. The molecular formula is C13H24N4O2. The Bertz CT molecular complexity index is 372. The van der Waals surface area contributed by atoms with Gasteiger partial charge < -0.3 is 14.6 Å². The molecule has 0 saturated carbocycles. The molecule has 0 spiro atoms. The van der Waals surface area contributed by atoms with Crippen molar-refractivity contribution in [1.29, 1.82) is 0 Å². The molecule has 1 saturated heterocycles. The molecule has 108 valence electrons. The zero-order chi connectivity index (χ0) is 13.7. The van der Waals surface area contributed by atoms with Crippen LogP contribution in [-0.2, 0) is 11.3 Å². The molecule has 6 heteroatoms. The Kier molecular flexibility index (Phi) is 5.30. The first kappa shape index (κ1) is 14.4. The molecule has 1 aromatic heterocycles. The first-order chi connectivity index (χ1) is 9.20. The van der Waals surface area contributed by atoms with Crippen LogP contribution in [0.4, 0.5) is 0 Å². The molecule has 1 fully saturated rings. The van der Waals surface area contributed by atoms with Gasteiger partial charge >= 0.3 is 0 Å². The van der Waals surface area contributed by atoms with Gasteiger partial charge in [-0.25, -0.2) is 0 Å². The minimum atomic E-state index is -0.0942. The third-order valence-electron chi connectivity index (χ3n) is 3.39. The predicted molar refractivity (Wildman–Crippen MR) is 71.6 cm³/mol. The molecule has 2 rings (SSSR count). The summed E-state index contributed by atoms with van der Waals surface area (Å²) in [6.45, 7) is 9.11. The third-order valence-corrected chi connectivity index (χ3v) is 3.39. The second-order valence-corrected chi connectivity index (χ2v) is 5.33. The van der Waals surface area contributed by atoms with E-state index in [1.165, 1.54) is 0 Å². The number of nitrogens with zero attached hydrogens (tertiary/aromatic N) is 3. The van der Waals surface area contributed by atoms with Crippen molar-refractivity contribution in [2.45, 2.75) is 32.9 Å². The highest BCUT2D eigenvalue weighted by Gasteiger charge is 2.22. The Morgan fingerprint density at radius 3 is 2.95 bits per heavy atom. The summed E-state index contributed by atoms with van der Waals surface area (Å²) < 4.78 is 10.8. The summed E-state index contributed by atoms with van der Waals surface area (Å²) in [5, 5.41) is 7.43. The minimum absolute atomic E-state index is 0.0942. The third kappa shape index (κ3) is 3.99. The number of hydrogen-bond donors (Lipinski definition) is 1. The number of hydrogen-bond acceptors (Lipinski definition) is 6. The van der Waals surface area contributed by atoms with Crippen LogP contribution in [0.5, 0.6) is 0 Å². The molecule has 19 heavy (non-hydrogen) atoms. The largest absolute Gasteiger partial charge is 0.373 e. The van der Waals surface area contributed by atoms with Crippen molar-refractivity contribution in [3.05, 3.63) is 11.7 Å². The van der Waals surface area contributed by atoms with Gasteiger partial charge in [0.15, 0.2) is 0 Å². The smallest absolute Gasteiger partial charge is 0.240 e. The van der Waals surface area contributed by atoms with Gasteiger partial charge in [-0.1, -0.05) is 19.0 Å². The Labute approximate surface area is 114 Å². The van der Waals surface area contributed by atoms with Crippen molar-refractivity contribution < 1.29 is 9.26 Å². The summed E-state index contributed by atoms with van der Waals surface area (Å²) in [7, 11) is 1.68. The van der Waals surface area contributed by atoms with Crippen molar-refractivity contribution in [2.24, 2.45) is 5.92 Å². The minimum Gasteiger partial charge on any atom is -0.373 e. The standard InChI is InChI=1S/C13H24N4O2/c1-10(2)12(18-3)13-15-11(19-16-13)9-17-7-4-5-14-6-8-17/h10,12,14H,4-9H2,1-3H3. The van der Waals surface area contributed by atoms with Gasteiger partial charge in [-0.2, -0.15) is 4.98 Å². The molecular weight excluding hydrogens is 244 g/mol. The lowest BCUT2D eigenvalue weighted by atomic mass is 10.1. The van der Waals surface area contributed by atoms with Crippen LogP contribution in [0.2, 0.25) is 0 Å². The summed E-state index contributed by atoms with van der Waals surface area (Å²) in [5.74, 6) is 1.66. The van der Waals surface area contributed by atoms with E-state index in [-0.39, 0.29) is 6.10 Å². The highest BCUT2D eigenvalue weighted by Crippen LogP contribution is 2.22. The summed E-state index contributed by atoms with van der Waals surface area (Å²) >= 11 is 0. The van der Waals surface area contributed by atoms with Gasteiger partial charge in [0.25, 0.3) is 0 Å². The number of methoxy groups -OCH3 is 1. The first-order valence-corrected chi connectivity index (χ1v) is 6.99. The van der Waals surface area contributed by atoms with Gasteiger partial charge in [0.05, 0.1) is 6.54 Å². The zero-order valence-corrected chi connectivity index (χ0v) is 12.1. The quantitative estimate of drug-likeness (QED) is 0.866. The number of nitrogens with one attached hydrogen (secondary N) is 1. The molecule has 1 atom stereocenters. The molecule has 1 N–H and O–H groups in total. The van der Waals surface area contributed by atoms with Crippen molar-refractivity contribution in [3.8, 4) is 0 Å². The van der Waals surface area contributed by atoms with E-state index in [0.717, 1.165) is 39.1 Å². The molecule has 0 aromatic carbocycles.